The van der Waals surface area contributed by atoms with Crippen molar-refractivity contribution < 1.29 is 124 Å². The van der Waals surface area contributed by atoms with Gasteiger partial charge in [-0.3, -0.25) is 9.59 Å². The molecule has 27 nitrogen and oxygen atoms in total. The van der Waals surface area contributed by atoms with Crippen molar-refractivity contribution in [1.82, 2.24) is 10.6 Å². The molecule has 5 aliphatic heterocycles. The summed E-state index contributed by atoms with van der Waals surface area (Å²) in [5.74, 6) is -1.55. The number of carbonyl (C=O) groups excluding carboxylic acids is 2. The first-order valence-corrected chi connectivity index (χ1v) is 19.5. The molecule has 0 bridgehead atoms. The second kappa shape index (κ2) is 21.3. The van der Waals surface area contributed by atoms with Crippen molar-refractivity contribution in [1.29, 1.82) is 0 Å². The molecule has 5 rings (SSSR count). The van der Waals surface area contributed by atoms with Gasteiger partial charge in [0, 0.05) is 13.8 Å². The lowest BCUT2D eigenvalue weighted by atomic mass is 9.93. The van der Waals surface area contributed by atoms with E-state index in [1.807, 2.05) is 0 Å². The van der Waals surface area contributed by atoms with E-state index in [1.54, 1.807) is 0 Å². The van der Waals surface area contributed by atoms with Gasteiger partial charge in [-0.25, -0.2) is 0 Å². The van der Waals surface area contributed by atoms with Gasteiger partial charge in [-0.15, -0.1) is 0 Å². The van der Waals surface area contributed by atoms with Crippen LogP contribution in [0.4, 0.5) is 0 Å². The van der Waals surface area contributed by atoms with Crippen molar-refractivity contribution in [2.45, 2.75) is 174 Å². The van der Waals surface area contributed by atoms with Gasteiger partial charge in [-0.05, 0) is 6.92 Å². The Morgan fingerprint density at radius 1 is 0.426 bits per heavy atom. The van der Waals surface area contributed by atoms with Crippen LogP contribution in [0.15, 0.2) is 0 Å². The molecule has 5 saturated heterocycles. The van der Waals surface area contributed by atoms with Crippen LogP contribution in [0.1, 0.15) is 20.8 Å². The largest absolute Gasteiger partial charge is 0.394 e. The number of amides is 2. The summed E-state index contributed by atoms with van der Waals surface area (Å²) in [6.07, 6.45) is -42.3. The van der Waals surface area contributed by atoms with Gasteiger partial charge in [0.1, 0.15) is 116 Å². The van der Waals surface area contributed by atoms with E-state index in [1.165, 1.54) is 6.92 Å². The number of hydrogen-bond acceptors (Lipinski definition) is 25. The molecule has 0 unspecified atom stereocenters. The topological polar surface area (TPSA) is 424 Å². The van der Waals surface area contributed by atoms with E-state index in [0.29, 0.717) is 0 Å². The van der Waals surface area contributed by atoms with Crippen LogP contribution < -0.4 is 10.6 Å². The van der Waals surface area contributed by atoms with Gasteiger partial charge in [0.2, 0.25) is 11.8 Å². The van der Waals surface area contributed by atoms with E-state index in [0.717, 1.165) is 13.8 Å². The molecule has 2 amide bonds. The monoisotopic (exact) mass is 894 g/mol. The Hall–Kier alpha value is -1.98. The maximum atomic E-state index is 12.7. The van der Waals surface area contributed by atoms with E-state index in [-0.39, 0.29) is 0 Å². The Labute approximate surface area is 346 Å². The molecule has 0 aliphatic carbocycles. The minimum atomic E-state index is -2.08. The lowest BCUT2D eigenvalue weighted by molar-refractivity contribution is -0.402. The zero-order chi connectivity index (χ0) is 45.2. The Bertz CT molecular complexity index is 1420. The molecule has 5 heterocycles. The van der Waals surface area contributed by atoms with E-state index in [4.69, 9.17) is 42.6 Å². The third kappa shape index (κ3) is 10.8. The van der Waals surface area contributed by atoms with Crippen molar-refractivity contribution in [3.63, 3.8) is 0 Å². The van der Waals surface area contributed by atoms with Gasteiger partial charge in [-0.2, -0.15) is 0 Å². The number of rotatable bonds is 14. The number of hydrogen-bond donors (Lipinski definition) is 16. The van der Waals surface area contributed by atoms with Crippen LogP contribution in [0.5, 0.6) is 0 Å². The molecule has 0 aromatic heterocycles. The third-order valence-corrected chi connectivity index (χ3v) is 11.1. The molecular weight excluding hydrogens is 836 g/mol. The predicted molar refractivity (Wildman–Crippen MR) is 188 cm³/mol. The third-order valence-electron chi connectivity index (χ3n) is 11.1. The average molecular weight is 895 g/mol. The second-order valence-electron chi connectivity index (χ2n) is 15.4. The van der Waals surface area contributed by atoms with Crippen LogP contribution in [0, 0.1) is 0 Å². The minimum absolute atomic E-state index is 0.728. The Morgan fingerprint density at radius 2 is 0.803 bits per heavy atom. The van der Waals surface area contributed by atoms with E-state index in [9.17, 15) is 81.1 Å². The molecule has 0 aromatic carbocycles. The van der Waals surface area contributed by atoms with Crippen molar-refractivity contribution in [2.24, 2.45) is 0 Å². The van der Waals surface area contributed by atoms with Crippen LogP contribution in [-0.2, 0) is 52.2 Å². The highest BCUT2D eigenvalue weighted by atomic mass is 16.8. The van der Waals surface area contributed by atoms with Crippen LogP contribution >= 0.6 is 0 Å². The maximum Gasteiger partial charge on any atom is 0.217 e. The van der Waals surface area contributed by atoms with Crippen molar-refractivity contribution in [3.8, 4) is 0 Å². The first-order chi connectivity index (χ1) is 28.8. The lowest BCUT2D eigenvalue weighted by Crippen LogP contribution is -2.71. The molecule has 0 aromatic rings. The van der Waals surface area contributed by atoms with Gasteiger partial charge in [0.25, 0.3) is 0 Å². The summed E-state index contributed by atoms with van der Waals surface area (Å²) >= 11 is 0. The van der Waals surface area contributed by atoms with Crippen LogP contribution in [0.25, 0.3) is 0 Å². The Kier molecular flexibility index (Phi) is 17.5. The quantitative estimate of drug-likeness (QED) is 0.0770. The molecule has 61 heavy (non-hydrogen) atoms. The van der Waals surface area contributed by atoms with Crippen LogP contribution in [-0.4, -0.2) is 263 Å². The molecule has 16 N–H and O–H groups in total. The molecule has 25 atom stereocenters. The lowest BCUT2D eigenvalue weighted by Gasteiger charge is -2.51. The molecule has 5 fully saturated rings. The van der Waals surface area contributed by atoms with Crippen molar-refractivity contribution in [3.05, 3.63) is 0 Å². The summed E-state index contributed by atoms with van der Waals surface area (Å²) in [5.41, 5.74) is 0. The fourth-order valence-corrected chi connectivity index (χ4v) is 7.74. The summed E-state index contributed by atoms with van der Waals surface area (Å²) in [6, 6.07) is -3.28. The second-order valence-corrected chi connectivity index (χ2v) is 15.4. The predicted octanol–water partition coefficient (Wildman–Crippen LogP) is -10.6. The number of carbonyl (C=O) groups is 2. The molecule has 354 valence electrons. The minimum Gasteiger partial charge on any atom is -0.394 e. The standard InChI is InChI=1S/C34H58N2O25/c1-8-17(43)22(48)24(50)32(53-8)61-29-28(60-33-25(51)23(49)18(44)11(4-37)56-33)21(47)14(7-40)57-34(29)59-27-16(36-10(3)42)31(55-13(6-39)20(27)46)58-26-15(35-9(2)41)30(52)54-12(5-38)19(26)45/h8,11-34,37-40,43-52H,4-7H2,1-3H3,(H,35,41)(H,36,42)/t8-,11+,12+,13+,14+,15+,16+,17+,18-,19-,20+,21-,22+,23-,24-,25+,26+,27+,28-,29+,30-,31-,32-,33+,34-/m0/s1. The number of aliphatic hydroxyl groups is 14. The number of nitrogens with one attached hydrogen (secondary N) is 2. The highest BCUT2D eigenvalue weighted by molar-refractivity contribution is 5.73. The van der Waals surface area contributed by atoms with Crippen molar-refractivity contribution >= 4 is 11.8 Å². The summed E-state index contributed by atoms with van der Waals surface area (Å²) < 4.78 is 52.2. The maximum absolute atomic E-state index is 12.7. The molecular formula is C34H58N2O25. The smallest absolute Gasteiger partial charge is 0.217 e. The van der Waals surface area contributed by atoms with Gasteiger partial charge in [0.05, 0.1) is 32.5 Å². The SMILES string of the molecule is CC(=O)N[C@@H]1[C@@H](O[C@@H]2O[C@H](CO)[C@@H](O)[C@H](O[C@@H]3O[C@H](CO)[C@H](O)[C@H](O[C@H]4O[C@H](CO)[C@H](O)[C@H](O)[C@H]4O)[C@H]3O[C@@H]3O[C@@H](C)[C@@H](O)[C@@H](O)[C@@H]3O)[C@H]2NC(C)=O)[C@@H](O)[C@@H](CO)O[C@@H]1O. The van der Waals surface area contributed by atoms with Crippen molar-refractivity contribution in [2.75, 3.05) is 26.4 Å². The summed E-state index contributed by atoms with van der Waals surface area (Å²) in [4.78, 5) is 24.8. The van der Waals surface area contributed by atoms with E-state index < -0.39 is 192 Å². The fourth-order valence-electron chi connectivity index (χ4n) is 7.74. The first-order valence-electron chi connectivity index (χ1n) is 19.5. The number of aliphatic hydroxyl groups excluding tert-OH is 14. The van der Waals surface area contributed by atoms with Gasteiger partial charge in [-0.1, -0.05) is 0 Å². The molecule has 0 radical (unpaired) electrons. The van der Waals surface area contributed by atoms with E-state index >= 15 is 0 Å². The Balaban J connectivity index is 1.56. The van der Waals surface area contributed by atoms with Gasteiger partial charge in [0.15, 0.2) is 31.5 Å². The normalized spacial score (nSPS) is 49.6. The highest BCUT2D eigenvalue weighted by Gasteiger charge is 2.58. The zero-order valence-electron chi connectivity index (χ0n) is 33.0. The summed E-state index contributed by atoms with van der Waals surface area (Å²) in [5, 5.41) is 154. The highest BCUT2D eigenvalue weighted by Crippen LogP contribution is 2.37. The molecule has 27 heteroatoms. The average Bonchev–Trinajstić information content (AvgIpc) is 3.22. The first kappa shape index (κ1) is 50.0. The van der Waals surface area contributed by atoms with Gasteiger partial charge < -0.3 is 125 Å². The molecule has 0 saturated carbocycles. The van der Waals surface area contributed by atoms with Crippen LogP contribution in [0.3, 0.4) is 0 Å². The molecule has 5 aliphatic rings. The summed E-state index contributed by atoms with van der Waals surface area (Å²) in [7, 11) is 0. The number of ether oxygens (including phenoxy) is 9. The van der Waals surface area contributed by atoms with Gasteiger partial charge >= 0.3 is 0 Å². The Morgan fingerprint density at radius 3 is 1.34 bits per heavy atom. The molecule has 0 spiro atoms. The fraction of sp³-hybridized carbons (Fsp3) is 0.941. The summed E-state index contributed by atoms with van der Waals surface area (Å²) in [6.45, 7) is -0.335. The van der Waals surface area contributed by atoms with E-state index in [2.05, 4.69) is 10.6 Å². The van der Waals surface area contributed by atoms with Crippen LogP contribution in [0.2, 0.25) is 0 Å². The zero-order valence-corrected chi connectivity index (χ0v) is 33.0.